The fraction of sp³-hybridized carbons (Fsp3) is 0.250. The zero-order valence-electron chi connectivity index (χ0n) is 13.2. The highest BCUT2D eigenvalue weighted by atomic mass is 16.7. The molecule has 0 aromatic heterocycles. The summed E-state index contributed by atoms with van der Waals surface area (Å²) in [6, 6.07) is 11.4. The van der Waals surface area contributed by atoms with Crippen LogP contribution in [0.3, 0.4) is 0 Å². The Kier molecular flexibility index (Phi) is 2.90. The first kappa shape index (κ1) is 14.7. The van der Waals surface area contributed by atoms with Gasteiger partial charge in [-0.15, -0.1) is 0 Å². The molecule has 0 unspecified atom stereocenters. The Balaban J connectivity index is 1.71. The Morgan fingerprint density at radius 2 is 1.56 bits per heavy atom. The van der Waals surface area contributed by atoms with Gasteiger partial charge in [-0.05, 0) is 23.6 Å². The second-order valence-electron chi connectivity index (χ2n) is 6.69. The van der Waals surface area contributed by atoms with Crippen LogP contribution in [0.5, 0.6) is 11.5 Å². The van der Waals surface area contributed by atoms with Gasteiger partial charge in [0.25, 0.3) is 5.79 Å². The molecule has 5 heteroatoms. The van der Waals surface area contributed by atoms with Crippen LogP contribution in [0, 0.1) is 11.8 Å². The number of hydrogen-bond donors (Lipinski definition) is 2. The van der Waals surface area contributed by atoms with Gasteiger partial charge in [0.2, 0.25) is 0 Å². The summed E-state index contributed by atoms with van der Waals surface area (Å²) in [6.45, 7) is 0. The molecule has 0 saturated carbocycles. The first-order chi connectivity index (χ1) is 12.1. The van der Waals surface area contributed by atoms with Gasteiger partial charge in [0.15, 0.2) is 5.78 Å². The number of carbonyl (C=O) groups excluding carboxylic acids is 1. The van der Waals surface area contributed by atoms with Gasteiger partial charge in [-0.3, -0.25) is 4.79 Å². The highest BCUT2D eigenvalue weighted by Crippen LogP contribution is 2.49. The molecule has 4 atom stereocenters. The summed E-state index contributed by atoms with van der Waals surface area (Å²) in [6.07, 6.45) is 3.93. The quantitative estimate of drug-likeness (QED) is 0.720. The minimum atomic E-state index is -1.34. The Labute approximate surface area is 143 Å². The van der Waals surface area contributed by atoms with Gasteiger partial charge in [-0.2, -0.15) is 0 Å². The molecule has 0 saturated heterocycles. The van der Waals surface area contributed by atoms with Crippen molar-refractivity contribution in [3.8, 4) is 11.5 Å². The molecule has 2 aromatic carbocycles. The number of fused-ring (bicyclic) bond motifs is 2. The zero-order valence-corrected chi connectivity index (χ0v) is 13.2. The molecule has 1 aliphatic heterocycles. The minimum Gasteiger partial charge on any atom is -0.448 e. The molecule has 2 aliphatic carbocycles. The third-order valence-electron chi connectivity index (χ3n) is 5.27. The molecule has 0 amide bonds. The van der Waals surface area contributed by atoms with Gasteiger partial charge < -0.3 is 19.7 Å². The highest BCUT2D eigenvalue weighted by molar-refractivity contribution is 5.96. The van der Waals surface area contributed by atoms with Gasteiger partial charge in [-0.1, -0.05) is 36.4 Å². The van der Waals surface area contributed by atoms with Crippen molar-refractivity contribution in [2.75, 3.05) is 0 Å². The lowest BCUT2D eigenvalue weighted by atomic mass is 9.69. The molecule has 25 heavy (non-hydrogen) atoms. The standard InChI is InChI=1S/C20H16O5/c21-12-7-8-14(23)19-18(12)13(22)9-10-20(19)24-15-5-1-3-11-4-2-6-16(25-20)17(11)15/h1-10,12,14,18-19,21,23H/t12-,14+,18+,19-/m1/s1. The second-order valence-corrected chi connectivity index (χ2v) is 6.69. The number of carbonyl (C=O) groups is 1. The fourth-order valence-electron chi connectivity index (χ4n) is 4.16. The number of aliphatic hydroxyl groups is 2. The topological polar surface area (TPSA) is 76.0 Å². The monoisotopic (exact) mass is 336 g/mol. The summed E-state index contributed by atoms with van der Waals surface area (Å²) in [5.41, 5.74) is 0. The second kappa shape index (κ2) is 4.94. The fourth-order valence-corrected chi connectivity index (χ4v) is 4.16. The molecular weight excluding hydrogens is 320 g/mol. The van der Waals surface area contributed by atoms with Crippen molar-refractivity contribution in [3.63, 3.8) is 0 Å². The Bertz CT molecular complexity index is 904. The van der Waals surface area contributed by atoms with Crippen LogP contribution in [0.25, 0.3) is 10.8 Å². The van der Waals surface area contributed by atoms with Gasteiger partial charge in [0.05, 0.1) is 29.4 Å². The van der Waals surface area contributed by atoms with Gasteiger partial charge >= 0.3 is 0 Å². The van der Waals surface area contributed by atoms with E-state index in [1.807, 2.05) is 36.4 Å². The maximum atomic E-state index is 12.3. The van der Waals surface area contributed by atoms with E-state index in [1.165, 1.54) is 18.2 Å². The minimum absolute atomic E-state index is 0.240. The van der Waals surface area contributed by atoms with E-state index in [9.17, 15) is 15.0 Å². The molecule has 0 fully saturated rings. The van der Waals surface area contributed by atoms with Crippen molar-refractivity contribution in [3.05, 3.63) is 60.7 Å². The van der Waals surface area contributed by atoms with Gasteiger partial charge in [-0.25, -0.2) is 0 Å². The Morgan fingerprint density at radius 3 is 2.24 bits per heavy atom. The van der Waals surface area contributed by atoms with E-state index in [-0.39, 0.29) is 5.78 Å². The van der Waals surface area contributed by atoms with Crippen LogP contribution in [0.2, 0.25) is 0 Å². The zero-order chi connectivity index (χ0) is 17.2. The molecular formula is C20H16O5. The lowest BCUT2D eigenvalue weighted by Gasteiger charge is -2.48. The predicted molar refractivity (Wildman–Crippen MR) is 90.2 cm³/mol. The van der Waals surface area contributed by atoms with Crippen molar-refractivity contribution < 1.29 is 24.5 Å². The third kappa shape index (κ3) is 1.94. The number of ketones is 1. The van der Waals surface area contributed by atoms with E-state index in [0.29, 0.717) is 11.5 Å². The first-order valence-electron chi connectivity index (χ1n) is 8.26. The molecule has 1 spiro atoms. The Morgan fingerprint density at radius 1 is 0.920 bits per heavy atom. The summed E-state index contributed by atoms with van der Waals surface area (Å²) in [5.74, 6) is -1.87. The number of allylic oxidation sites excluding steroid dienone is 1. The summed E-state index contributed by atoms with van der Waals surface area (Å²) in [5, 5.41) is 22.7. The van der Waals surface area contributed by atoms with Crippen LogP contribution in [-0.4, -0.2) is 34.0 Å². The Hall–Kier alpha value is -2.63. The maximum Gasteiger partial charge on any atom is 0.277 e. The van der Waals surface area contributed by atoms with Crippen molar-refractivity contribution in [2.24, 2.45) is 11.8 Å². The SMILES string of the molecule is O=C1C=CC2(Oc3cccc4cccc(c34)O2)[C@H]2[C@H]1[C@H](O)C=C[C@@H]2O. The van der Waals surface area contributed by atoms with Gasteiger partial charge in [0, 0.05) is 6.08 Å². The molecule has 3 aliphatic rings. The molecule has 5 rings (SSSR count). The van der Waals surface area contributed by atoms with E-state index in [1.54, 1.807) is 6.08 Å². The van der Waals surface area contributed by atoms with Crippen molar-refractivity contribution in [1.29, 1.82) is 0 Å². The summed E-state index contributed by atoms with van der Waals surface area (Å²) in [7, 11) is 0. The van der Waals surface area contributed by atoms with E-state index >= 15 is 0 Å². The van der Waals surface area contributed by atoms with Crippen LogP contribution >= 0.6 is 0 Å². The molecule has 1 heterocycles. The average molecular weight is 336 g/mol. The van der Waals surface area contributed by atoms with Crippen LogP contribution < -0.4 is 9.47 Å². The number of aliphatic hydroxyl groups excluding tert-OH is 2. The maximum absolute atomic E-state index is 12.3. The predicted octanol–water partition coefficient (Wildman–Crippen LogP) is 1.97. The lowest BCUT2D eigenvalue weighted by Crippen LogP contribution is -2.61. The van der Waals surface area contributed by atoms with Crippen LogP contribution in [0.4, 0.5) is 0 Å². The van der Waals surface area contributed by atoms with Crippen molar-refractivity contribution >= 4 is 16.6 Å². The van der Waals surface area contributed by atoms with Crippen molar-refractivity contribution in [1.82, 2.24) is 0 Å². The average Bonchev–Trinajstić information content (AvgIpc) is 2.61. The largest absolute Gasteiger partial charge is 0.448 e. The van der Waals surface area contributed by atoms with E-state index in [2.05, 4.69) is 0 Å². The summed E-state index contributed by atoms with van der Waals surface area (Å²) in [4.78, 5) is 12.3. The van der Waals surface area contributed by atoms with E-state index < -0.39 is 29.8 Å². The summed E-state index contributed by atoms with van der Waals surface area (Å²) >= 11 is 0. The molecule has 0 bridgehead atoms. The number of benzene rings is 2. The number of ether oxygens (including phenoxy) is 2. The normalized spacial score (nSPS) is 31.5. The highest BCUT2D eigenvalue weighted by Gasteiger charge is 2.57. The molecule has 126 valence electrons. The molecule has 2 aromatic rings. The summed E-state index contributed by atoms with van der Waals surface area (Å²) < 4.78 is 12.4. The van der Waals surface area contributed by atoms with Crippen molar-refractivity contribution in [2.45, 2.75) is 18.0 Å². The third-order valence-corrected chi connectivity index (χ3v) is 5.27. The lowest BCUT2D eigenvalue weighted by molar-refractivity contribution is -0.181. The van der Waals surface area contributed by atoms with Crippen LogP contribution in [0.15, 0.2) is 60.7 Å². The smallest absolute Gasteiger partial charge is 0.277 e. The van der Waals surface area contributed by atoms with E-state index in [4.69, 9.17) is 9.47 Å². The first-order valence-corrected chi connectivity index (χ1v) is 8.26. The molecule has 2 N–H and O–H groups in total. The van der Waals surface area contributed by atoms with Crippen LogP contribution in [-0.2, 0) is 4.79 Å². The van der Waals surface area contributed by atoms with E-state index in [0.717, 1.165) is 10.8 Å². The van der Waals surface area contributed by atoms with Gasteiger partial charge in [0.1, 0.15) is 11.5 Å². The molecule has 5 nitrogen and oxygen atoms in total. The molecule has 0 radical (unpaired) electrons. The van der Waals surface area contributed by atoms with Crippen LogP contribution in [0.1, 0.15) is 0 Å². The number of hydrogen-bond acceptors (Lipinski definition) is 5. The number of rotatable bonds is 0.